The molecule has 19 heteroatoms. The molecule has 3 heterocycles. The highest BCUT2D eigenvalue weighted by Gasteiger charge is 2.62. The van der Waals surface area contributed by atoms with Crippen molar-refractivity contribution in [2.45, 2.75) is 94.5 Å². The molecule has 3 fully saturated rings. The third-order valence-corrected chi connectivity index (χ3v) is 11.6. The first-order chi connectivity index (χ1) is 25.0. The molecule has 6 bridgehead atoms. The lowest BCUT2D eigenvalue weighted by molar-refractivity contribution is -0.142. The van der Waals surface area contributed by atoms with E-state index in [4.69, 9.17) is 9.47 Å². The lowest BCUT2D eigenvalue weighted by Gasteiger charge is -2.35. The number of aromatic nitrogens is 4. The molecule has 53 heavy (non-hydrogen) atoms. The second-order valence-corrected chi connectivity index (χ2v) is 16.7. The highest BCUT2D eigenvalue weighted by atomic mass is 32.2. The van der Waals surface area contributed by atoms with Gasteiger partial charge < -0.3 is 25.0 Å². The number of tetrazole rings is 1. The van der Waals surface area contributed by atoms with Crippen molar-refractivity contribution in [2.75, 3.05) is 20.3 Å². The van der Waals surface area contributed by atoms with Gasteiger partial charge in [-0.1, -0.05) is 32.9 Å². The summed E-state index contributed by atoms with van der Waals surface area (Å²) >= 11 is 0. The van der Waals surface area contributed by atoms with E-state index in [9.17, 15) is 36.4 Å². The van der Waals surface area contributed by atoms with E-state index in [1.54, 1.807) is 46.1 Å². The van der Waals surface area contributed by atoms with Gasteiger partial charge in [0.1, 0.15) is 17.8 Å². The Morgan fingerprint density at radius 2 is 1.91 bits per heavy atom. The van der Waals surface area contributed by atoms with Gasteiger partial charge in [0.2, 0.25) is 21.8 Å². The summed E-state index contributed by atoms with van der Waals surface area (Å²) in [7, 11) is -2.60. The highest BCUT2D eigenvalue weighted by Crippen LogP contribution is 2.47. The summed E-state index contributed by atoms with van der Waals surface area (Å²) in [6, 6.07) is 2.71. The number of ether oxygens (including phenoxy) is 2. The highest BCUT2D eigenvalue weighted by molar-refractivity contribution is 7.91. The van der Waals surface area contributed by atoms with E-state index in [1.807, 2.05) is 16.9 Å². The SMILES string of the molecule is COc1ccc2cc1/C=C/CCCCOC(=O)N[C@@H](C(C)(C)C)C(=O)N1C[C@@H](C[C@H]1C(=O)N[C@]1(C(=O)NS(=O)(=O)C3CC3)CC1=C(F)F)c1nnn-2n1. The molecular weight excluding hydrogens is 718 g/mol. The number of nitrogens with zero attached hydrogens (tertiary/aromatic N) is 5. The van der Waals surface area contributed by atoms with Crippen molar-refractivity contribution in [2.24, 2.45) is 5.41 Å². The number of carbonyl (C=O) groups is 4. The second kappa shape index (κ2) is 14.5. The number of allylic oxidation sites excluding steroid dienone is 1. The molecule has 2 aliphatic carbocycles. The van der Waals surface area contributed by atoms with Crippen molar-refractivity contribution < 1.29 is 45.9 Å². The molecule has 0 unspecified atom stereocenters. The van der Waals surface area contributed by atoms with Crippen LogP contribution >= 0.6 is 0 Å². The van der Waals surface area contributed by atoms with Crippen LogP contribution in [-0.4, -0.2) is 100 Å². The standard InChI is InChI=1S/C34H42F2N8O8S/c1-33(2,3)26-30(46)43-18-20(16-24(43)29(45)38-34(17-23(34)27(35)36)31(47)41-53(49,50)22-11-12-22)28-39-42-44(40-28)21-10-13-25(51-4)19(15-21)9-7-5-6-8-14-52-32(48)37-26/h7,9-10,13,15,20,22,24,26H,5-6,8,11-12,14,16-18H2,1-4H3,(H,37,48)(H,38,45)(H,41,47)/b9-7+/t20-,24+,26-,34-/m1/s1. The van der Waals surface area contributed by atoms with Gasteiger partial charge in [0.05, 0.1) is 24.7 Å². The number of alkyl carbamates (subject to hydrolysis) is 1. The molecule has 3 N–H and O–H groups in total. The van der Waals surface area contributed by atoms with E-state index in [-0.39, 0.29) is 25.4 Å². The molecule has 0 radical (unpaired) electrons. The van der Waals surface area contributed by atoms with Crippen molar-refractivity contribution in [1.29, 1.82) is 0 Å². The van der Waals surface area contributed by atoms with Gasteiger partial charge in [-0.2, -0.15) is 8.78 Å². The molecule has 16 nitrogen and oxygen atoms in total. The first-order valence-electron chi connectivity index (χ1n) is 17.4. The number of rotatable bonds is 6. The zero-order valence-electron chi connectivity index (χ0n) is 29.7. The fourth-order valence-corrected chi connectivity index (χ4v) is 7.87. The van der Waals surface area contributed by atoms with E-state index in [0.717, 1.165) is 5.56 Å². The fraction of sp³-hybridized carbons (Fsp3) is 0.559. The van der Waals surface area contributed by atoms with E-state index in [1.165, 1.54) is 9.70 Å². The number of methoxy groups -OCH3 is 1. The summed E-state index contributed by atoms with van der Waals surface area (Å²) in [5.74, 6) is -2.90. The van der Waals surface area contributed by atoms with Crippen LogP contribution in [0.2, 0.25) is 0 Å². The van der Waals surface area contributed by atoms with E-state index < -0.39 is 86.1 Å². The van der Waals surface area contributed by atoms with Gasteiger partial charge in [0.25, 0.3) is 12.0 Å². The van der Waals surface area contributed by atoms with Crippen LogP contribution in [0.5, 0.6) is 5.75 Å². The van der Waals surface area contributed by atoms with Crippen LogP contribution < -0.4 is 20.1 Å². The van der Waals surface area contributed by atoms with Crippen molar-refractivity contribution >= 4 is 39.9 Å². The van der Waals surface area contributed by atoms with Crippen LogP contribution in [0.4, 0.5) is 13.6 Å². The maximum absolute atomic E-state index is 14.4. The average molecular weight is 761 g/mol. The smallest absolute Gasteiger partial charge is 0.407 e. The van der Waals surface area contributed by atoms with E-state index >= 15 is 0 Å². The van der Waals surface area contributed by atoms with Crippen LogP contribution in [-0.2, 0) is 29.1 Å². The van der Waals surface area contributed by atoms with E-state index in [0.29, 0.717) is 43.5 Å². The number of fused-ring (bicyclic) bond motifs is 8. The van der Waals surface area contributed by atoms with Crippen molar-refractivity contribution in [3.63, 3.8) is 0 Å². The van der Waals surface area contributed by atoms with Crippen molar-refractivity contribution in [1.82, 2.24) is 40.5 Å². The molecule has 286 valence electrons. The Labute approximate surface area is 304 Å². The number of amides is 4. The van der Waals surface area contributed by atoms with Gasteiger partial charge in [0, 0.05) is 30.0 Å². The van der Waals surface area contributed by atoms with Gasteiger partial charge >= 0.3 is 6.09 Å². The maximum atomic E-state index is 14.4. The number of carbonyl (C=O) groups excluding carboxylic acids is 4. The Balaban J connectivity index is 1.35. The van der Waals surface area contributed by atoms with E-state index in [2.05, 4.69) is 26.0 Å². The molecule has 4 atom stereocenters. The van der Waals surface area contributed by atoms with Gasteiger partial charge in [-0.05, 0) is 67.4 Å². The van der Waals surface area contributed by atoms with Gasteiger partial charge in [-0.3, -0.25) is 19.1 Å². The maximum Gasteiger partial charge on any atom is 0.407 e. The number of benzene rings is 1. The number of nitrogens with one attached hydrogen (secondary N) is 3. The van der Waals surface area contributed by atoms with Gasteiger partial charge in [0.15, 0.2) is 11.4 Å². The predicted molar refractivity (Wildman–Crippen MR) is 184 cm³/mol. The van der Waals surface area contributed by atoms with Gasteiger partial charge in [-0.25, -0.2) is 13.2 Å². The first-order valence-corrected chi connectivity index (χ1v) is 18.9. The number of halogens is 2. The van der Waals surface area contributed by atoms with Crippen molar-refractivity contribution in [3.8, 4) is 11.4 Å². The average Bonchev–Trinajstić information content (AvgIpc) is 3.98. The summed E-state index contributed by atoms with van der Waals surface area (Å²) in [5.41, 5.74) is -2.66. The molecule has 4 aliphatic rings. The van der Waals surface area contributed by atoms with Crippen LogP contribution in [0, 0.1) is 5.41 Å². The normalized spacial score (nSPS) is 25.8. The summed E-state index contributed by atoms with van der Waals surface area (Å²) in [6.45, 7) is 5.08. The Bertz CT molecular complexity index is 1970. The molecule has 1 aromatic carbocycles. The Hall–Kier alpha value is -4.94. The molecule has 2 saturated carbocycles. The molecule has 4 amide bonds. The van der Waals surface area contributed by atoms with Crippen LogP contribution in [0.1, 0.15) is 83.0 Å². The molecular formula is C34H42F2N8O8S. The lowest BCUT2D eigenvalue weighted by atomic mass is 9.85. The van der Waals surface area contributed by atoms with Crippen molar-refractivity contribution in [3.05, 3.63) is 47.3 Å². The first kappa shape index (κ1) is 37.8. The van der Waals surface area contributed by atoms with Crippen LogP contribution in [0.15, 0.2) is 35.9 Å². The minimum Gasteiger partial charge on any atom is -0.496 e. The number of hydrogen-bond donors (Lipinski definition) is 3. The Kier molecular flexibility index (Phi) is 10.3. The second-order valence-electron chi connectivity index (χ2n) is 14.8. The number of sulfonamides is 1. The zero-order valence-corrected chi connectivity index (χ0v) is 30.5. The summed E-state index contributed by atoms with van der Waals surface area (Å²) in [4.78, 5) is 57.2. The third-order valence-electron chi connectivity index (χ3n) is 9.78. The van der Waals surface area contributed by atoms with Crippen LogP contribution in [0.25, 0.3) is 11.8 Å². The molecule has 1 saturated heterocycles. The Morgan fingerprint density at radius 3 is 2.57 bits per heavy atom. The van der Waals surface area contributed by atoms with Gasteiger partial charge in [-0.15, -0.1) is 15.0 Å². The third kappa shape index (κ3) is 8.03. The zero-order chi connectivity index (χ0) is 38.3. The monoisotopic (exact) mass is 760 g/mol. The topological polar surface area (TPSA) is 204 Å². The fourth-order valence-electron chi connectivity index (χ4n) is 6.52. The summed E-state index contributed by atoms with van der Waals surface area (Å²) in [6.07, 6.45) is 2.60. The predicted octanol–water partition coefficient (Wildman–Crippen LogP) is 2.71. The molecule has 0 spiro atoms. The quantitative estimate of drug-likeness (QED) is 0.391. The molecule has 2 aliphatic heterocycles. The molecule has 1 aromatic heterocycles. The molecule has 6 rings (SSSR count). The summed E-state index contributed by atoms with van der Waals surface area (Å²) < 4.78 is 65.8. The van der Waals surface area contributed by atoms with Crippen LogP contribution in [0.3, 0.4) is 0 Å². The molecule has 2 aromatic rings. The minimum atomic E-state index is -4.15. The summed E-state index contributed by atoms with van der Waals surface area (Å²) in [5, 5.41) is 17.1. The number of hydrogen-bond acceptors (Lipinski definition) is 11. The minimum absolute atomic E-state index is 0.0831. The lowest BCUT2D eigenvalue weighted by Crippen LogP contribution is -2.60. The largest absolute Gasteiger partial charge is 0.496 e. The Morgan fingerprint density at radius 1 is 1.15 bits per heavy atom. The number of cyclic esters (lactones) is 1.